The fourth-order valence-electron chi connectivity index (χ4n) is 3.28. The van der Waals surface area contributed by atoms with Crippen LogP contribution >= 0.6 is 0 Å². The van der Waals surface area contributed by atoms with E-state index in [0.717, 1.165) is 10.9 Å². The monoisotopic (exact) mass is 409 g/mol. The van der Waals surface area contributed by atoms with Gasteiger partial charge in [-0.2, -0.15) is 0 Å². The van der Waals surface area contributed by atoms with Gasteiger partial charge in [0.1, 0.15) is 11.3 Å². The summed E-state index contributed by atoms with van der Waals surface area (Å²) >= 11 is 0. The normalized spacial score (nSPS) is 12.5. The standard InChI is InChI=1S/C24H27NO5/c1-16(23(28)25(24(2,3)4)14-17-8-6-5-7-9-17)30-22(27)12-18-15-29-21-13-19(26)10-11-20(18)21/h5-11,13,15-16,26H,12,14H2,1-4H3/t16-/m1/s1. The fourth-order valence-corrected chi connectivity index (χ4v) is 3.28. The molecule has 6 heteroatoms. The van der Waals surface area contributed by atoms with E-state index >= 15 is 0 Å². The molecule has 0 saturated carbocycles. The Bertz CT molecular complexity index is 1030. The van der Waals surface area contributed by atoms with Crippen molar-refractivity contribution in [2.45, 2.75) is 52.3 Å². The SMILES string of the molecule is C[C@@H](OC(=O)Cc1coc2cc(O)ccc12)C(=O)N(Cc1ccccc1)C(C)(C)C. The molecular formula is C24H27NO5. The number of amides is 1. The Kier molecular flexibility index (Phi) is 6.15. The lowest BCUT2D eigenvalue weighted by Gasteiger charge is -2.37. The minimum absolute atomic E-state index is 0.0242. The largest absolute Gasteiger partial charge is 0.508 e. The second kappa shape index (κ2) is 8.61. The average Bonchev–Trinajstić information content (AvgIpc) is 3.07. The molecule has 0 spiro atoms. The zero-order valence-corrected chi connectivity index (χ0v) is 17.7. The zero-order chi connectivity index (χ0) is 21.9. The number of aromatic hydroxyl groups is 1. The van der Waals surface area contributed by atoms with Crippen molar-refractivity contribution in [1.82, 2.24) is 4.90 Å². The molecule has 0 aliphatic rings. The molecule has 3 aromatic rings. The van der Waals surface area contributed by atoms with Crippen LogP contribution in [0.3, 0.4) is 0 Å². The molecule has 1 amide bonds. The lowest BCUT2D eigenvalue weighted by Crippen LogP contribution is -2.49. The zero-order valence-electron chi connectivity index (χ0n) is 17.7. The van der Waals surface area contributed by atoms with Gasteiger partial charge < -0.3 is 19.2 Å². The van der Waals surface area contributed by atoms with Crippen molar-refractivity contribution in [3.63, 3.8) is 0 Å². The van der Waals surface area contributed by atoms with E-state index in [4.69, 9.17) is 9.15 Å². The van der Waals surface area contributed by atoms with Gasteiger partial charge in [0, 0.05) is 29.1 Å². The highest BCUT2D eigenvalue weighted by molar-refractivity contribution is 5.88. The summed E-state index contributed by atoms with van der Waals surface area (Å²) in [4.78, 5) is 27.3. The first-order valence-corrected chi connectivity index (χ1v) is 9.89. The summed E-state index contributed by atoms with van der Waals surface area (Å²) in [6.07, 6.45) is 0.529. The van der Waals surface area contributed by atoms with Gasteiger partial charge in [0.15, 0.2) is 6.10 Å². The van der Waals surface area contributed by atoms with Crippen LogP contribution < -0.4 is 0 Å². The third-order valence-corrected chi connectivity index (χ3v) is 4.89. The molecule has 0 radical (unpaired) electrons. The van der Waals surface area contributed by atoms with Crippen LogP contribution in [-0.4, -0.2) is 33.5 Å². The fraction of sp³-hybridized carbons (Fsp3) is 0.333. The van der Waals surface area contributed by atoms with Crippen LogP contribution in [0.5, 0.6) is 5.75 Å². The Morgan fingerprint density at radius 1 is 1.13 bits per heavy atom. The number of furan rings is 1. The Morgan fingerprint density at radius 3 is 2.50 bits per heavy atom. The Morgan fingerprint density at radius 2 is 1.83 bits per heavy atom. The lowest BCUT2D eigenvalue weighted by atomic mass is 10.0. The summed E-state index contributed by atoms with van der Waals surface area (Å²) < 4.78 is 10.8. The number of ether oxygens (including phenoxy) is 1. The molecule has 1 N–H and O–H groups in total. The van der Waals surface area contributed by atoms with Gasteiger partial charge in [-0.25, -0.2) is 0 Å². The number of carbonyl (C=O) groups is 2. The van der Waals surface area contributed by atoms with E-state index in [0.29, 0.717) is 17.7 Å². The molecule has 0 saturated heterocycles. The Balaban J connectivity index is 1.68. The van der Waals surface area contributed by atoms with Crippen LogP contribution in [-0.2, 0) is 27.3 Å². The van der Waals surface area contributed by atoms with Crippen molar-refractivity contribution in [3.05, 3.63) is 65.9 Å². The Labute approximate surface area is 176 Å². The van der Waals surface area contributed by atoms with Gasteiger partial charge in [0.2, 0.25) is 0 Å². The smallest absolute Gasteiger partial charge is 0.311 e. The molecule has 0 fully saturated rings. The molecule has 0 bridgehead atoms. The number of phenolic OH excluding ortho intramolecular Hbond substituents is 1. The van der Waals surface area contributed by atoms with Crippen LogP contribution in [0.4, 0.5) is 0 Å². The molecule has 3 rings (SSSR count). The van der Waals surface area contributed by atoms with E-state index in [2.05, 4.69) is 0 Å². The lowest BCUT2D eigenvalue weighted by molar-refractivity contribution is -0.161. The van der Waals surface area contributed by atoms with Gasteiger partial charge in [0.05, 0.1) is 12.7 Å². The Hall–Kier alpha value is -3.28. The first-order chi connectivity index (χ1) is 14.1. The molecule has 1 heterocycles. The maximum atomic E-state index is 13.1. The summed E-state index contributed by atoms with van der Waals surface area (Å²) in [5, 5.41) is 10.3. The number of esters is 1. The van der Waals surface area contributed by atoms with E-state index in [-0.39, 0.29) is 18.1 Å². The van der Waals surface area contributed by atoms with Crippen LogP contribution in [0.2, 0.25) is 0 Å². The molecule has 0 aliphatic heterocycles. The number of carbonyl (C=O) groups excluding carboxylic acids is 2. The summed E-state index contributed by atoms with van der Waals surface area (Å²) in [7, 11) is 0. The van der Waals surface area contributed by atoms with Crippen LogP contribution in [0.15, 0.2) is 59.2 Å². The molecule has 0 unspecified atom stereocenters. The molecular weight excluding hydrogens is 382 g/mol. The molecule has 158 valence electrons. The van der Waals surface area contributed by atoms with Gasteiger partial charge in [0.25, 0.3) is 5.91 Å². The minimum Gasteiger partial charge on any atom is -0.508 e. The van der Waals surface area contributed by atoms with Gasteiger partial charge in [-0.3, -0.25) is 9.59 Å². The van der Waals surface area contributed by atoms with E-state index < -0.39 is 17.6 Å². The van der Waals surface area contributed by atoms with Crippen molar-refractivity contribution < 1.29 is 23.8 Å². The van der Waals surface area contributed by atoms with Crippen molar-refractivity contribution >= 4 is 22.8 Å². The van der Waals surface area contributed by atoms with Gasteiger partial charge >= 0.3 is 5.97 Å². The van der Waals surface area contributed by atoms with Crippen molar-refractivity contribution in [2.75, 3.05) is 0 Å². The van der Waals surface area contributed by atoms with E-state index in [1.807, 2.05) is 51.1 Å². The topological polar surface area (TPSA) is 80.0 Å². The number of hydrogen-bond acceptors (Lipinski definition) is 5. The molecule has 2 aromatic carbocycles. The number of benzene rings is 2. The number of rotatable bonds is 6. The maximum absolute atomic E-state index is 13.1. The summed E-state index contributed by atoms with van der Waals surface area (Å²) in [6.45, 7) is 7.89. The number of nitrogens with zero attached hydrogens (tertiary/aromatic N) is 1. The molecule has 1 aromatic heterocycles. The summed E-state index contributed by atoms with van der Waals surface area (Å²) in [5.74, 6) is -0.673. The van der Waals surface area contributed by atoms with Crippen molar-refractivity contribution in [1.29, 1.82) is 0 Å². The van der Waals surface area contributed by atoms with Crippen molar-refractivity contribution in [3.8, 4) is 5.75 Å². The highest BCUT2D eigenvalue weighted by atomic mass is 16.5. The molecule has 6 nitrogen and oxygen atoms in total. The van der Waals surface area contributed by atoms with Crippen molar-refractivity contribution in [2.24, 2.45) is 0 Å². The van der Waals surface area contributed by atoms with Gasteiger partial charge in [-0.15, -0.1) is 0 Å². The van der Waals surface area contributed by atoms with Crippen LogP contribution in [0, 0.1) is 0 Å². The van der Waals surface area contributed by atoms with E-state index in [1.54, 1.807) is 17.9 Å². The number of hydrogen-bond donors (Lipinski definition) is 1. The third kappa shape index (κ3) is 5.00. The summed E-state index contributed by atoms with van der Waals surface area (Å²) in [6, 6.07) is 14.4. The average molecular weight is 409 g/mol. The van der Waals surface area contributed by atoms with E-state index in [9.17, 15) is 14.7 Å². The first-order valence-electron chi connectivity index (χ1n) is 9.89. The highest BCUT2D eigenvalue weighted by Gasteiger charge is 2.31. The second-order valence-corrected chi connectivity index (χ2v) is 8.33. The second-order valence-electron chi connectivity index (χ2n) is 8.33. The predicted octanol–water partition coefficient (Wildman–Crippen LogP) is 4.44. The van der Waals surface area contributed by atoms with Gasteiger partial charge in [-0.1, -0.05) is 30.3 Å². The number of phenols is 1. The maximum Gasteiger partial charge on any atom is 0.311 e. The van der Waals surface area contributed by atoms with Gasteiger partial charge in [-0.05, 0) is 45.4 Å². The first kappa shape index (κ1) is 21.4. The third-order valence-electron chi connectivity index (χ3n) is 4.89. The minimum atomic E-state index is -0.914. The predicted molar refractivity (Wildman–Crippen MR) is 114 cm³/mol. The van der Waals surface area contributed by atoms with Crippen LogP contribution in [0.25, 0.3) is 11.0 Å². The van der Waals surface area contributed by atoms with E-state index in [1.165, 1.54) is 18.4 Å². The molecule has 1 atom stereocenters. The summed E-state index contributed by atoms with van der Waals surface area (Å²) in [5.41, 5.74) is 1.71. The quantitative estimate of drug-likeness (QED) is 0.609. The van der Waals surface area contributed by atoms with Crippen LogP contribution in [0.1, 0.15) is 38.8 Å². The number of fused-ring (bicyclic) bond motifs is 1. The highest BCUT2D eigenvalue weighted by Crippen LogP contribution is 2.26. The molecule has 30 heavy (non-hydrogen) atoms. The molecule has 0 aliphatic carbocycles.